The number of hydrogen-bond donors (Lipinski definition) is 0. The van der Waals surface area contributed by atoms with Crippen molar-refractivity contribution in [2.45, 2.75) is 39.0 Å². The Hall–Kier alpha value is -1.84. The van der Waals surface area contributed by atoms with E-state index in [9.17, 15) is 9.59 Å². The molecule has 150 valence electrons. The Balaban J connectivity index is 1.87. The summed E-state index contributed by atoms with van der Waals surface area (Å²) in [7, 11) is 3.18. The molecule has 0 saturated carbocycles. The Morgan fingerprint density at radius 2 is 1.85 bits per heavy atom. The third kappa shape index (κ3) is 3.90. The summed E-state index contributed by atoms with van der Waals surface area (Å²) in [5.41, 5.74) is 0. The first kappa shape index (κ1) is 19.9. The van der Waals surface area contributed by atoms with E-state index in [0.29, 0.717) is 32.1 Å². The Kier molecular flexibility index (Phi) is 5.92. The first-order chi connectivity index (χ1) is 12.8. The number of amides is 3. The molecule has 3 unspecified atom stereocenters. The van der Waals surface area contributed by atoms with Crippen molar-refractivity contribution in [2.24, 2.45) is 4.99 Å². The van der Waals surface area contributed by atoms with E-state index < -0.39 is 6.04 Å². The fourth-order valence-corrected chi connectivity index (χ4v) is 3.95. The van der Waals surface area contributed by atoms with Crippen LogP contribution in [0.5, 0.6) is 0 Å². The van der Waals surface area contributed by atoms with Gasteiger partial charge in [0.1, 0.15) is 13.1 Å². The smallest absolute Gasteiger partial charge is 0.333 e. The molecule has 9 heteroatoms. The highest BCUT2D eigenvalue weighted by Gasteiger charge is 2.53. The summed E-state index contributed by atoms with van der Waals surface area (Å²) in [5, 5.41) is 0. The summed E-state index contributed by atoms with van der Waals surface area (Å²) in [6, 6.07) is -0.918. The molecule has 3 amide bonds. The summed E-state index contributed by atoms with van der Waals surface area (Å²) in [6.07, 6.45) is 0.305. The molecule has 3 heterocycles. The van der Waals surface area contributed by atoms with E-state index in [1.54, 1.807) is 7.05 Å². The van der Waals surface area contributed by atoms with Crippen LogP contribution in [-0.4, -0.2) is 115 Å². The van der Waals surface area contributed by atoms with Crippen molar-refractivity contribution in [3.8, 4) is 0 Å². The molecule has 0 bridgehead atoms. The first-order valence-electron chi connectivity index (χ1n) is 9.55. The molecule has 9 nitrogen and oxygen atoms in total. The van der Waals surface area contributed by atoms with Gasteiger partial charge in [-0.2, -0.15) is 0 Å². The Bertz CT molecular complexity index is 667. The average Bonchev–Trinajstić information content (AvgIpc) is 2.96. The average molecular weight is 380 g/mol. The normalized spacial score (nSPS) is 29.5. The zero-order valence-corrected chi connectivity index (χ0v) is 16.8. The van der Waals surface area contributed by atoms with Crippen molar-refractivity contribution >= 4 is 23.6 Å². The Morgan fingerprint density at radius 3 is 2.48 bits per heavy atom. The molecule has 0 aliphatic carbocycles. The third-order valence-corrected chi connectivity index (χ3v) is 5.15. The van der Waals surface area contributed by atoms with Crippen LogP contribution in [0.1, 0.15) is 20.8 Å². The number of fused-ring (bicyclic) bond motifs is 1. The van der Waals surface area contributed by atoms with Gasteiger partial charge in [-0.05, 0) is 25.8 Å². The van der Waals surface area contributed by atoms with Gasteiger partial charge in [0.15, 0.2) is 0 Å². The Morgan fingerprint density at radius 1 is 1.19 bits per heavy atom. The van der Waals surface area contributed by atoms with Gasteiger partial charge < -0.3 is 9.47 Å². The quantitative estimate of drug-likeness (QED) is 0.473. The van der Waals surface area contributed by atoms with E-state index in [1.165, 1.54) is 16.8 Å². The number of hydrogen-bond acceptors (Lipinski definition) is 6. The maximum Gasteiger partial charge on any atom is 0.333 e. The SMILES string of the molecule is CCOCC[N+]1=C(CN2CC(C)OC(C)C2)N=C2C1C(=O)N(C)C(=O)N2C. The van der Waals surface area contributed by atoms with Gasteiger partial charge in [0.25, 0.3) is 17.8 Å². The van der Waals surface area contributed by atoms with Gasteiger partial charge in [-0.15, -0.1) is 0 Å². The maximum atomic E-state index is 12.8. The highest BCUT2D eigenvalue weighted by atomic mass is 16.5. The highest BCUT2D eigenvalue weighted by Crippen LogP contribution is 2.20. The van der Waals surface area contributed by atoms with E-state index >= 15 is 0 Å². The molecule has 0 aromatic rings. The van der Waals surface area contributed by atoms with Crippen molar-refractivity contribution in [3.63, 3.8) is 0 Å². The molecule has 2 saturated heterocycles. The van der Waals surface area contributed by atoms with Gasteiger partial charge >= 0.3 is 11.9 Å². The Labute approximate surface area is 160 Å². The molecule has 0 N–H and O–H groups in total. The zero-order valence-electron chi connectivity index (χ0n) is 16.8. The number of nitrogens with zero attached hydrogens (tertiary/aromatic N) is 5. The second-order valence-electron chi connectivity index (χ2n) is 7.37. The lowest BCUT2D eigenvalue weighted by atomic mass is 10.1. The van der Waals surface area contributed by atoms with E-state index in [4.69, 9.17) is 14.5 Å². The highest BCUT2D eigenvalue weighted by molar-refractivity contribution is 6.23. The summed E-state index contributed by atoms with van der Waals surface area (Å²) >= 11 is 0. The molecule has 0 aromatic carbocycles. The molecule has 3 atom stereocenters. The van der Waals surface area contributed by atoms with Crippen LogP contribution in [0.15, 0.2) is 4.99 Å². The summed E-state index contributed by atoms with van der Waals surface area (Å²) in [6.45, 7) is 9.98. The van der Waals surface area contributed by atoms with Crippen molar-refractivity contribution in [2.75, 3.05) is 53.5 Å². The summed E-state index contributed by atoms with van der Waals surface area (Å²) in [4.78, 5) is 34.8. The van der Waals surface area contributed by atoms with Crippen LogP contribution in [0, 0.1) is 0 Å². The minimum atomic E-state index is -0.566. The number of carbonyl (C=O) groups is 2. The predicted molar refractivity (Wildman–Crippen MR) is 100 cm³/mol. The van der Waals surface area contributed by atoms with Crippen molar-refractivity contribution in [3.05, 3.63) is 0 Å². The molecular formula is C18H30N5O4+. The minimum absolute atomic E-state index is 0.152. The van der Waals surface area contributed by atoms with Gasteiger partial charge in [-0.25, -0.2) is 9.37 Å². The molecule has 3 aliphatic rings. The van der Waals surface area contributed by atoms with Crippen LogP contribution < -0.4 is 0 Å². The van der Waals surface area contributed by atoms with Crippen LogP contribution in [0.4, 0.5) is 4.79 Å². The van der Waals surface area contributed by atoms with Crippen molar-refractivity contribution in [1.82, 2.24) is 14.7 Å². The number of ether oxygens (including phenoxy) is 2. The summed E-state index contributed by atoms with van der Waals surface area (Å²) < 4.78 is 13.3. The zero-order chi connectivity index (χ0) is 19.7. The largest absolute Gasteiger partial charge is 0.378 e. The number of likely N-dealkylation sites (N-methyl/N-ethyl adjacent to an activating group) is 2. The molecule has 27 heavy (non-hydrogen) atoms. The second-order valence-corrected chi connectivity index (χ2v) is 7.37. The third-order valence-electron chi connectivity index (χ3n) is 5.15. The lowest BCUT2D eigenvalue weighted by Gasteiger charge is -2.34. The fraction of sp³-hybridized carbons (Fsp3) is 0.778. The van der Waals surface area contributed by atoms with Crippen LogP contribution in [-0.2, 0) is 14.3 Å². The number of imide groups is 1. The van der Waals surface area contributed by atoms with Gasteiger partial charge in [0.05, 0.1) is 18.8 Å². The van der Waals surface area contributed by atoms with Gasteiger partial charge in [-0.3, -0.25) is 19.5 Å². The van der Waals surface area contributed by atoms with E-state index in [-0.39, 0.29) is 24.1 Å². The number of amidine groups is 2. The molecule has 0 aromatic heterocycles. The molecule has 3 rings (SSSR count). The number of morpholine rings is 1. The second kappa shape index (κ2) is 8.04. The standard InChI is InChI=1S/C18H30N5O4/c1-6-26-8-7-23-14(11-22-9-12(2)27-13(3)10-22)19-16-15(23)17(24)21(5)18(25)20(16)4/h12-13,15H,6-11H2,1-5H3/q+1. The van der Waals surface area contributed by atoms with Crippen molar-refractivity contribution in [1.29, 1.82) is 0 Å². The molecule has 3 aliphatic heterocycles. The monoisotopic (exact) mass is 380 g/mol. The number of carbonyl (C=O) groups excluding carboxylic acids is 2. The van der Waals surface area contributed by atoms with E-state index in [2.05, 4.69) is 18.7 Å². The summed E-state index contributed by atoms with van der Waals surface area (Å²) in [5.74, 6) is 1.07. The van der Waals surface area contributed by atoms with E-state index in [1.807, 2.05) is 11.5 Å². The molecule has 2 fully saturated rings. The van der Waals surface area contributed by atoms with Crippen LogP contribution in [0.2, 0.25) is 0 Å². The van der Waals surface area contributed by atoms with Crippen LogP contribution in [0.25, 0.3) is 0 Å². The lowest BCUT2D eigenvalue weighted by molar-refractivity contribution is -0.539. The first-order valence-corrected chi connectivity index (χ1v) is 9.55. The maximum absolute atomic E-state index is 12.8. The fourth-order valence-electron chi connectivity index (χ4n) is 3.95. The topological polar surface area (TPSA) is 77.7 Å². The van der Waals surface area contributed by atoms with Crippen LogP contribution in [0.3, 0.4) is 0 Å². The molecule has 0 radical (unpaired) electrons. The van der Waals surface area contributed by atoms with Gasteiger partial charge in [0, 0.05) is 33.8 Å². The van der Waals surface area contributed by atoms with Gasteiger partial charge in [0.2, 0.25) is 0 Å². The van der Waals surface area contributed by atoms with Crippen molar-refractivity contribution < 1.29 is 23.6 Å². The van der Waals surface area contributed by atoms with Gasteiger partial charge in [-0.1, -0.05) is 0 Å². The predicted octanol–water partition coefficient (Wildman–Crippen LogP) is -0.152. The lowest BCUT2D eigenvalue weighted by Crippen LogP contribution is -2.61. The number of aliphatic imine (C=N–C) groups is 1. The molecule has 0 spiro atoms. The minimum Gasteiger partial charge on any atom is -0.378 e. The number of urea groups is 1. The van der Waals surface area contributed by atoms with E-state index in [0.717, 1.165) is 18.9 Å². The number of rotatable bonds is 6. The van der Waals surface area contributed by atoms with Crippen LogP contribution >= 0.6 is 0 Å². The molecular weight excluding hydrogens is 350 g/mol.